The fourth-order valence-corrected chi connectivity index (χ4v) is 3.23. The van der Waals surface area contributed by atoms with Crippen LogP contribution in [0.1, 0.15) is 25.7 Å². The minimum atomic E-state index is -0.219. The average molecular weight is 422 g/mol. The van der Waals surface area contributed by atoms with Gasteiger partial charge in [-0.2, -0.15) is 5.10 Å². The zero-order chi connectivity index (χ0) is 22.1. The third kappa shape index (κ3) is 6.40. The Hall–Kier alpha value is -3.68. The van der Waals surface area contributed by atoms with Crippen LogP contribution in [0, 0.1) is 0 Å². The zero-order valence-corrected chi connectivity index (χ0v) is 17.6. The van der Waals surface area contributed by atoms with Gasteiger partial charge >= 0.3 is 0 Å². The lowest BCUT2D eigenvalue weighted by Crippen LogP contribution is -2.29. The van der Waals surface area contributed by atoms with Crippen molar-refractivity contribution in [2.75, 3.05) is 30.8 Å². The third-order valence-corrected chi connectivity index (χ3v) is 4.94. The topological polar surface area (TPSA) is 107 Å². The molecule has 0 unspecified atom stereocenters. The molecule has 0 saturated heterocycles. The van der Waals surface area contributed by atoms with Gasteiger partial charge in [-0.05, 0) is 31.0 Å². The summed E-state index contributed by atoms with van der Waals surface area (Å²) in [6, 6.07) is 16.5. The highest BCUT2D eigenvalue weighted by Crippen LogP contribution is 2.16. The molecule has 3 N–H and O–H groups in total. The van der Waals surface area contributed by atoms with E-state index in [-0.39, 0.29) is 17.4 Å². The highest BCUT2D eigenvalue weighted by Gasteiger charge is 2.10. The summed E-state index contributed by atoms with van der Waals surface area (Å²) >= 11 is 0. The van der Waals surface area contributed by atoms with Gasteiger partial charge in [0.05, 0.1) is 5.39 Å². The molecule has 0 bridgehead atoms. The van der Waals surface area contributed by atoms with Gasteiger partial charge in [0.2, 0.25) is 11.8 Å². The fraction of sp³-hybridized carbons (Fsp3) is 0.304. The Bertz CT molecular complexity index is 1080. The van der Waals surface area contributed by atoms with E-state index in [2.05, 4.69) is 20.8 Å². The van der Waals surface area contributed by atoms with E-state index in [4.69, 9.17) is 0 Å². The van der Waals surface area contributed by atoms with Crippen molar-refractivity contribution in [2.24, 2.45) is 0 Å². The molecule has 0 saturated carbocycles. The first kappa shape index (κ1) is 22.0. The van der Waals surface area contributed by atoms with Crippen LogP contribution >= 0.6 is 0 Å². The molecule has 31 heavy (non-hydrogen) atoms. The number of carbonyl (C=O) groups excluding carboxylic acids is 2. The Morgan fingerprint density at radius 1 is 0.968 bits per heavy atom. The number of hydrogen-bond donors (Lipinski definition) is 3. The van der Waals surface area contributed by atoms with Gasteiger partial charge in [0.25, 0.3) is 5.56 Å². The first-order valence-corrected chi connectivity index (χ1v) is 10.3. The van der Waals surface area contributed by atoms with E-state index in [1.165, 1.54) is 0 Å². The lowest BCUT2D eigenvalue weighted by atomic mass is 10.2. The van der Waals surface area contributed by atoms with E-state index < -0.39 is 0 Å². The van der Waals surface area contributed by atoms with E-state index >= 15 is 0 Å². The predicted octanol–water partition coefficient (Wildman–Crippen LogP) is 2.99. The monoisotopic (exact) mass is 421 g/mol. The van der Waals surface area contributed by atoms with Crippen LogP contribution < -0.4 is 16.2 Å². The van der Waals surface area contributed by atoms with Crippen molar-refractivity contribution >= 4 is 34.1 Å². The summed E-state index contributed by atoms with van der Waals surface area (Å²) in [4.78, 5) is 37.7. The average Bonchev–Trinajstić information content (AvgIpc) is 2.78. The molecular weight excluding hydrogens is 394 g/mol. The maximum Gasteiger partial charge on any atom is 0.272 e. The first-order chi connectivity index (χ1) is 15.0. The predicted molar refractivity (Wildman–Crippen MR) is 122 cm³/mol. The zero-order valence-electron chi connectivity index (χ0n) is 17.6. The van der Waals surface area contributed by atoms with Gasteiger partial charge in [-0.3, -0.25) is 14.4 Å². The fourth-order valence-electron chi connectivity index (χ4n) is 3.23. The molecule has 0 spiro atoms. The van der Waals surface area contributed by atoms with Crippen LogP contribution in [0.25, 0.3) is 10.8 Å². The molecule has 0 atom stereocenters. The van der Waals surface area contributed by atoms with Crippen molar-refractivity contribution in [1.29, 1.82) is 0 Å². The number of aromatic amines is 1. The molecule has 1 aromatic heterocycles. The number of carbonyl (C=O) groups is 2. The molecule has 8 nitrogen and oxygen atoms in total. The lowest BCUT2D eigenvalue weighted by Gasteiger charge is -2.17. The summed E-state index contributed by atoms with van der Waals surface area (Å²) in [6.07, 6.45) is 1.87. The van der Waals surface area contributed by atoms with Gasteiger partial charge in [0, 0.05) is 44.1 Å². The number of para-hydroxylation sites is 1. The summed E-state index contributed by atoms with van der Waals surface area (Å²) < 4.78 is 0. The van der Waals surface area contributed by atoms with Crippen LogP contribution in [0.3, 0.4) is 0 Å². The number of aromatic nitrogens is 2. The Morgan fingerprint density at radius 2 is 1.68 bits per heavy atom. The Labute approximate surface area is 180 Å². The first-order valence-electron chi connectivity index (χ1n) is 10.3. The normalized spacial score (nSPS) is 10.6. The number of nitrogens with zero attached hydrogens (tertiary/aromatic N) is 2. The second-order valence-corrected chi connectivity index (χ2v) is 7.31. The standard InChI is InChI=1S/C23H27N5O3/c1-28(21(30)14-7-13-20(29)25-17-9-3-2-4-10-17)16-8-15-24-22-18-11-5-6-12-19(18)23(31)27-26-22/h2-6,9-12H,7-8,13-16H2,1H3,(H,24,26)(H,25,29)(H,27,31). The van der Waals surface area contributed by atoms with Crippen LogP contribution in [-0.2, 0) is 9.59 Å². The second kappa shape index (κ2) is 10.9. The van der Waals surface area contributed by atoms with E-state index in [0.29, 0.717) is 43.6 Å². The van der Waals surface area contributed by atoms with Gasteiger partial charge in [-0.1, -0.05) is 36.4 Å². The Balaban J connectivity index is 1.35. The highest BCUT2D eigenvalue weighted by molar-refractivity contribution is 5.91. The van der Waals surface area contributed by atoms with Gasteiger partial charge < -0.3 is 15.5 Å². The highest BCUT2D eigenvalue weighted by atomic mass is 16.2. The quantitative estimate of drug-likeness (QED) is 0.436. The van der Waals surface area contributed by atoms with E-state index in [0.717, 1.165) is 17.5 Å². The summed E-state index contributed by atoms with van der Waals surface area (Å²) in [5.74, 6) is 0.542. The molecule has 0 aliphatic rings. The number of nitrogens with one attached hydrogen (secondary N) is 3. The van der Waals surface area contributed by atoms with Crippen molar-refractivity contribution in [3.05, 3.63) is 65.0 Å². The molecule has 1 heterocycles. The van der Waals surface area contributed by atoms with Gasteiger partial charge in [0.15, 0.2) is 5.82 Å². The van der Waals surface area contributed by atoms with Crippen molar-refractivity contribution in [2.45, 2.75) is 25.7 Å². The number of fused-ring (bicyclic) bond motifs is 1. The summed E-state index contributed by atoms with van der Waals surface area (Å²) in [5.41, 5.74) is 0.539. The number of amides is 2. The van der Waals surface area contributed by atoms with Crippen molar-refractivity contribution in [1.82, 2.24) is 15.1 Å². The maximum absolute atomic E-state index is 12.3. The smallest absolute Gasteiger partial charge is 0.272 e. The minimum absolute atomic E-state index is 0.0140. The number of hydrogen-bond acceptors (Lipinski definition) is 5. The number of rotatable bonds is 10. The van der Waals surface area contributed by atoms with E-state index in [9.17, 15) is 14.4 Å². The SMILES string of the molecule is CN(CCCNc1n[nH]c(=O)c2ccccc12)C(=O)CCCC(=O)Nc1ccccc1. The van der Waals surface area contributed by atoms with Crippen LogP contribution in [0.15, 0.2) is 59.4 Å². The largest absolute Gasteiger partial charge is 0.368 e. The Morgan fingerprint density at radius 3 is 2.45 bits per heavy atom. The molecule has 0 fully saturated rings. The molecular formula is C23H27N5O3. The summed E-state index contributed by atoms with van der Waals surface area (Å²) in [6.45, 7) is 1.20. The van der Waals surface area contributed by atoms with Crippen LogP contribution in [0.4, 0.5) is 11.5 Å². The van der Waals surface area contributed by atoms with Gasteiger partial charge in [0.1, 0.15) is 0 Å². The molecule has 2 amide bonds. The molecule has 0 aliphatic carbocycles. The van der Waals surface area contributed by atoms with Crippen LogP contribution in [0.2, 0.25) is 0 Å². The number of anilines is 2. The number of benzene rings is 2. The summed E-state index contributed by atoms with van der Waals surface area (Å²) in [5, 5.41) is 14.0. The molecule has 8 heteroatoms. The molecule has 2 aromatic carbocycles. The molecule has 162 valence electrons. The third-order valence-electron chi connectivity index (χ3n) is 4.94. The second-order valence-electron chi connectivity index (χ2n) is 7.31. The summed E-state index contributed by atoms with van der Waals surface area (Å²) in [7, 11) is 1.76. The van der Waals surface area contributed by atoms with Crippen molar-refractivity contribution in [3.63, 3.8) is 0 Å². The minimum Gasteiger partial charge on any atom is -0.368 e. The van der Waals surface area contributed by atoms with Gasteiger partial charge in [-0.15, -0.1) is 0 Å². The maximum atomic E-state index is 12.3. The number of H-pyrrole nitrogens is 1. The van der Waals surface area contributed by atoms with Crippen LogP contribution in [-0.4, -0.2) is 47.0 Å². The van der Waals surface area contributed by atoms with Crippen LogP contribution in [0.5, 0.6) is 0 Å². The lowest BCUT2D eigenvalue weighted by molar-refractivity contribution is -0.130. The molecule has 3 rings (SSSR count). The van der Waals surface area contributed by atoms with E-state index in [1.807, 2.05) is 48.5 Å². The van der Waals surface area contributed by atoms with Crippen molar-refractivity contribution < 1.29 is 9.59 Å². The van der Waals surface area contributed by atoms with Gasteiger partial charge in [-0.25, -0.2) is 5.10 Å². The molecule has 3 aromatic rings. The molecule has 0 radical (unpaired) electrons. The molecule has 0 aliphatic heterocycles. The van der Waals surface area contributed by atoms with E-state index in [1.54, 1.807) is 18.0 Å². The Kier molecular flexibility index (Phi) is 7.75. The van der Waals surface area contributed by atoms with Crippen molar-refractivity contribution in [3.8, 4) is 0 Å².